The molecule has 1 atom stereocenters. The van der Waals surface area contributed by atoms with Crippen LogP contribution in [0.4, 0.5) is 0 Å². The number of amidine groups is 1. The van der Waals surface area contributed by atoms with Crippen LogP contribution in [0.15, 0.2) is 23.2 Å². The Morgan fingerprint density at radius 2 is 2.11 bits per heavy atom. The minimum Gasteiger partial charge on any atom is -0.485 e. The first-order valence-electron chi connectivity index (χ1n) is 6.76. The normalized spacial score (nSPS) is 21.8. The number of hydrogen-bond donors (Lipinski definition) is 1. The Bertz CT molecular complexity index is 517. The molecule has 19 heavy (non-hydrogen) atoms. The SMILES string of the molecule is CC(C)(C)c1ccc2c(c1)OCC(C1=NCCN1)O2. The van der Waals surface area contributed by atoms with Gasteiger partial charge in [0.1, 0.15) is 12.4 Å². The molecule has 1 aromatic carbocycles. The van der Waals surface area contributed by atoms with Crippen molar-refractivity contribution in [1.29, 1.82) is 0 Å². The first-order valence-corrected chi connectivity index (χ1v) is 6.76. The molecule has 102 valence electrons. The number of rotatable bonds is 1. The van der Waals surface area contributed by atoms with Crippen molar-refractivity contribution in [3.63, 3.8) is 0 Å². The summed E-state index contributed by atoms with van der Waals surface area (Å²) in [5.74, 6) is 2.55. The highest BCUT2D eigenvalue weighted by Crippen LogP contribution is 2.36. The molecule has 0 bridgehead atoms. The maximum atomic E-state index is 5.97. The van der Waals surface area contributed by atoms with E-state index in [1.807, 2.05) is 6.07 Å². The van der Waals surface area contributed by atoms with Crippen LogP contribution in [0.2, 0.25) is 0 Å². The maximum Gasteiger partial charge on any atom is 0.189 e. The van der Waals surface area contributed by atoms with Crippen molar-refractivity contribution in [3.8, 4) is 11.5 Å². The molecule has 0 fully saturated rings. The molecule has 0 spiro atoms. The summed E-state index contributed by atoms with van der Waals surface area (Å²) in [7, 11) is 0. The van der Waals surface area contributed by atoms with Gasteiger partial charge in [-0.3, -0.25) is 4.99 Å². The number of aliphatic imine (C=N–C) groups is 1. The van der Waals surface area contributed by atoms with Gasteiger partial charge >= 0.3 is 0 Å². The molecular formula is C15H20N2O2. The molecular weight excluding hydrogens is 240 g/mol. The van der Waals surface area contributed by atoms with E-state index in [-0.39, 0.29) is 11.5 Å². The van der Waals surface area contributed by atoms with Crippen molar-refractivity contribution < 1.29 is 9.47 Å². The third kappa shape index (κ3) is 2.39. The van der Waals surface area contributed by atoms with Crippen LogP contribution in [0.25, 0.3) is 0 Å². The van der Waals surface area contributed by atoms with E-state index in [0.29, 0.717) is 6.61 Å². The Morgan fingerprint density at radius 3 is 2.79 bits per heavy atom. The first-order chi connectivity index (χ1) is 9.04. The smallest absolute Gasteiger partial charge is 0.189 e. The molecule has 0 aromatic heterocycles. The summed E-state index contributed by atoms with van der Waals surface area (Å²) >= 11 is 0. The molecule has 4 nitrogen and oxygen atoms in total. The number of nitrogens with one attached hydrogen (secondary N) is 1. The van der Waals surface area contributed by atoms with E-state index >= 15 is 0 Å². The molecule has 0 radical (unpaired) electrons. The van der Waals surface area contributed by atoms with E-state index in [4.69, 9.17) is 9.47 Å². The van der Waals surface area contributed by atoms with Crippen LogP contribution in [-0.4, -0.2) is 31.6 Å². The lowest BCUT2D eigenvalue weighted by Gasteiger charge is -2.28. The number of fused-ring (bicyclic) bond motifs is 1. The fourth-order valence-electron chi connectivity index (χ4n) is 2.30. The number of ether oxygens (including phenoxy) is 2. The van der Waals surface area contributed by atoms with E-state index in [9.17, 15) is 0 Å². The van der Waals surface area contributed by atoms with Crippen LogP contribution in [0.1, 0.15) is 26.3 Å². The molecule has 3 rings (SSSR count). The largest absolute Gasteiger partial charge is 0.485 e. The zero-order valence-electron chi connectivity index (χ0n) is 11.7. The van der Waals surface area contributed by atoms with Crippen molar-refractivity contribution in [2.45, 2.75) is 32.3 Å². The van der Waals surface area contributed by atoms with Crippen LogP contribution in [-0.2, 0) is 5.41 Å². The van der Waals surface area contributed by atoms with Crippen LogP contribution >= 0.6 is 0 Å². The third-order valence-corrected chi connectivity index (χ3v) is 3.47. The van der Waals surface area contributed by atoms with Crippen molar-refractivity contribution in [2.24, 2.45) is 4.99 Å². The molecule has 4 heteroatoms. The second kappa shape index (κ2) is 4.44. The predicted octanol–water partition coefficient (Wildman–Crippen LogP) is 2.13. The lowest BCUT2D eigenvalue weighted by Crippen LogP contribution is -2.42. The third-order valence-electron chi connectivity index (χ3n) is 3.47. The summed E-state index contributed by atoms with van der Waals surface area (Å²) in [5, 5.41) is 3.24. The molecule has 0 aliphatic carbocycles. The lowest BCUT2D eigenvalue weighted by atomic mass is 9.87. The second-order valence-electron chi connectivity index (χ2n) is 6.02. The summed E-state index contributed by atoms with van der Waals surface area (Å²) in [6.45, 7) is 8.82. The van der Waals surface area contributed by atoms with Gasteiger partial charge in [-0.15, -0.1) is 0 Å². The van der Waals surface area contributed by atoms with Gasteiger partial charge < -0.3 is 14.8 Å². The number of benzene rings is 1. The Balaban J connectivity index is 1.83. The molecule has 2 aliphatic rings. The molecule has 1 unspecified atom stereocenters. The van der Waals surface area contributed by atoms with E-state index in [1.165, 1.54) is 5.56 Å². The van der Waals surface area contributed by atoms with Gasteiger partial charge in [0.2, 0.25) is 0 Å². The minimum atomic E-state index is -0.101. The summed E-state index contributed by atoms with van der Waals surface area (Å²) in [5.41, 5.74) is 1.37. The van der Waals surface area contributed by atoms with E-state index in [2.05, 4.69) is 43.2 Å². The molecule has 1 aromatic rings. The van der Waals surface area contributed by atoms with E-state index in [1.54, 1.807) is 0 Å². The van der Waals surface area contributed by atoms with Gasteiger partial charge in [0.05, 0.1) is 6.54 Å². The van der Waals surface area contributed by atoms with Crippen molar-refractivity contribution in [3.05, 3.63) is 23.8 Å². The fourth-order valence-corrected chi connectivity index (χ4v) is 2.30. The second-order valence-corrected chi connectivity index (χ2v) is 6.02. The van der Waals surface area contributed by atoms with Gasteiger partial charge in [-0.1, -0.05) is 26.8 Å². The average molecular weight is 260 g/mol. The number of hydrogen-bond acceptors (Lipinski definition) is 4. The van der Waals surface area contributed by atoms with Crippen LogP contribution in [0.5, 0.6) is 11.5 Å². The zero-order chi connectivity index (χ0) is 13.5. The Hall–Kier alpha value is -1.71. The Morgan fingerprint density at radius 1 is 1.26 bits per heavy atom. The quantitative estimate of drug-likeness (QED) is 0.841. The van der Waals surface area contributed by atoms with Gasteiger partial charge in [-0.2, -0.15) is 0 Å². The first kappa shape index (κ1) is 12.3. The van der Waals surface area contributed by atoms with Crippen LogP contribution in [0.3, 0.4) is 0 Å². The van der Waals surface area contributed by atoms with Crippen molar-refractivity contribution >= 4 is 5.84 Å². The predicted molar refractivity (Wildman–Crippen MR) is 75.4 cm³/mol. The molecule has 2 heterocycles. The molecule has 0 saturated carbocycles. The topological polar surface area (TPSA) is 42.8 Å². The highest BCUT2D eigenvalue weighted by molar-refractivity contribution is 5.88. The van der Waals surface area contributed by atoms with Gasteiger partial charge in [0.15, 0.2) is 17.6 Å². The molecule has 0 amide bonds. The molecule has 1 N–H and O–H groups in total. The van der Waals surface area contributed by atoms with Crippen molar-refractivity contribution in [1.82, 2.24) is 5.32 Å². The maximum absolute atomic E-state index is 5.97. The van der Waals surface area contributed by atoms with Gasteiger partial charge in [0, 0.05) is 6.54 Å². The standard InChI is InChI=1S/C15H20N2O2/c1-15(2,3)10-4-5-11-12(8-10)18-9-13(19-11)14-16-6-7-17-14/h4-5,8,13H,6-7,9H2,1-3H3,(H,16,17). The summed E-state index contributed by atoms with van der Waals surface area (Å²) in [4.78, 5) is 4.39. The summed E-state index contributed by atoms with van der Waals surface area (Å²) in [6.07, 6.45) is -0.101. The van der Waals surface area contributed by atoms with Gasteiger partial charge in [0.25, 0.3) is 0 Å². The lowest BCUT2D eigenvalue weighted by molar-refractivity contribution is 0.133. The summed E-state index contributed by atoms with van der Waals surface area (Å²) < 4.78 is 11.8. The zero-order valence-corrected chi connectivity index (χ0v) is 11.7. The van der Waals surface area contributed by atoms with E-state index in [0.717, 1.165) is 30.4 Å². The molecule has 2 aliphatic heterocycles. The van der Waals surface area contributed by atoms with Gasteiger partial charge in [-0.05, 0) is 23.1 Å². The Labute approximate surface area is 113 Å². The number of nitrogens with zero attached hydrogens (tertiary/aromatic N) is 1. The van der Waals surface area contributed by atoms with Crippen LogP contribution in [0, 0.1) is 0 Å². The highest BCUT2D eigenvalue weighted by atomic mass is 16.6. The Kier molecular flexibility index (Phi) is 2.88. The highest BCUT2D eigenvalue weighted by Gasteiger charge is 2.28. The minimum absolute atomic E-state index is 0.101. The van der Waals surface area contributed by atoms with E-state index < -0.39 is 0 Å². The fraction of sp³-hybridized carbons (Fsp3) is 0.533. The summed E-state index contributed by atoms with van der Waals surface area (Å²) in [6, 6.07) is 6.18. The van der Waals surface area contributed by atoms with Gasteiger partial charge in [-0.25, -0.2) is 0 Å². The van der Waals surface area contributed by atoms with Crippen molar-refractivity contribution in [2.75, 3.05) is 19.7 Å². The monoisotopic (exact) mass is 260 g/mol. The van der Waals surface area contributed by atoms with Crippen LogP contribution < -0.4 is 14.8 Å². The average Bonchev–Trinajstić information content (AvgIpc) is 2.90. The molecule has 0 saturated heterocycles.